The van der Waals surface area contributed by atoms with E-state index in [1.165, 1.54) is 13.8 Å². The summed E-state index contributed by atoms with van der Waals surface area (Å²) in [7, 11) is 0. The van der Waals surface area contributed by atoms with E-state index in [1.807, 2.05) is 0 Å². The number of rotatable bonds is 2. The van der Waals surface area contributed by atoms with Crippen molar-refractivity contribution in [3.8, 4) is 0 Å². The van der Waals surface area contributed by atoms with Crippen LogP contribution in [0.5, 0.6) is 0 Å². The summed E-state index contributed by atoms with van der Waals surface area (Å²) >= 11 is 0. The maximum Gasteiger partial charge on any atom is 0.137 e. The van der Waals surface area contributed by atoms with Gasteiger partial charge < -0.3 is 11.0 Å². The molecule has 0 fully saturated rings. The first kappa shape index (κ1) is 22.5. The molecule has 0 amide bonds. The minimum absolute atomic E-state index is 0. The molecule has 0 saturated carbocycles. The van der Waals surface area contributed by atoms with Gasteiger partial charge in [0.2, 0.25) is 0 Å². The van der Waals surface area contributed by atoms with E-state index < -0.39 is 0 Å². The molecule has 0 aromatic carbocycles. The molecule has 0 aliphatic rings. The fourth-order valence-electron chi connectivity index (χ4n) is 0.351. The van der Waals surface area contributed by atoms with Crippen molar-refractivity contribution < 1.29 is 42.3 Å². The van der Waals surface area contributed by atoms with Crippen molar-refractivity contribution >= 4 is 11.6 Å². The largest absolute Gasteiger partial charge is 0.412 e. The number of Topliss-reactive ketones (excluding diaryl/α,β-unsaturated/α-hetero) is 2. The molecule has 4 N–H and O–H groups in total. The summed E-state index contributed by atoms with van der Waals surface area (Å²) in [5, 5.41) is 0. The fraction of sp³-hybridized carbons (Fsp3) is 0.600. The molecule has 0 saturated heterocycles. The molecular formula is C5H12O4Ti. The van der Waals surface area contributed by atoms with Crippen LogP contribution in [0, 0.1) is 0 Å². The van der Waals surface area contributed by atoms with E-state index in [0.717, 1.165) is 0 Å². The van der Waals surface area contributed by atoms with Crippen molar-refractivity contribution in [3.63, 3.8) is 0 Å². The molecule has 0 aromatic heterocycles. The first-order chi connectivity index (χ1) is 3.13. The van der Waals surface area contributed by atoms with E-state index in [-0.39, 0.29) is 50.7 Å². The molecule has 0 spiro atoms. The molecule has 0 aliphatic heterocycles. The minimum atomic E-state index is -0.0625. The quantitative estimate of drug-likeness (QED) is 0.402. The van der Waals surface area contributed by atoms with Crippen molar-refractivity contribution in [1.82, 2.24) is 0 Å². The second-order valence-corrected chi connectivity index (χ2v) is 1.58. The van der Waals surface area contributed by atoms with Crippen LogP contribution in [0.25, 0.3) is 0 Å². The third-order valence-electron chi connectivity index (χ3n) is 0.498. The standard InChI is InChI=1S/C5H8O2.2H2O.Ti/c1-4(6)3-5(2)7;;;/h3H2,1-2H3;2*1H2;. The summed E-state index contributed by atoms with van der Waals surface area (Å²) in [5.41, 5.74) is 0. The van der Waals surface area contributed by atoms with Crippen LogP contribution in [0.15, 0.2) is 0 Å². The molecule has 0 aliphatic carbocycles. The summed E-state index contributed by atoms with van der Waals surface area (Å²) in [4.78, 5) is 20.1. The van der Waals surface area contributed by atoms with Crippen LogP contribution in [-0.4, -0.2) is 22.5 Å². The van der Waals surface area contributed by atoms with Crippen LogP contribution in [0.4, 0.5) is 0 Å². The molecule has 0 aromatic rings. The molecular weight excluding hydrogens is 172 g/mol. The second-order valence-electron chi connectivity index (χ2n) is 1.58. The van der Waals surface area contributed by atoms with Gasteiger partial charge in [-0.3, -0.25) is 9.59 Å². The smallest absolute Gasteiger partial charge is 0.137 e. The van der Waals surface area contributed by atoms with Gasteiger partial charge in [-0.25, -0.2) is 0 Å². The van der Waals surface area contributed by atoms with Crippen LogP contribution in [0.2, 0.25) is 0 Å². The average Bonchev–Trinajstić information content (AvgIpc) is 1.27. The van der Waals surface area contributed by atoms with Gasteiger partial charge in [0.05, 0.1) is 6.42 Å². The molecule has 4 nitrogen and oxygen atoms in total. The van der Waals surface area contributed by atoms with Crippen molar-refractivity contribution in [2.75, 3.05) is 0 Å². The van der Waals surface area contributed by atoms with Gasteiger partial charge in [-0.2, -0.15) is 0 Å². The molecule has 0 bridgehead atoms. The van der Waals surface area contributed by atoms with E-state index >= 15 is 0 Å². The Morgan fingerprint density at radius 2 is 1.20 bits per heavy atom. The monoisotopic (exact) mass is 184 g/mol. The number of ketones is 2. The molecule has 0 radical (unpaired) electrons. The zero-order valence-corrected chi connectivity index (χ0v) is 7.59. The van der Waals surface area contributed by atoms with Crippen molar-refractivity contribution in [2.24, 2.45) is 0 Å². The number of hydrogen-bond acceptors (Lipinski definition) is 2. The minimum Gasteiger partial charge on any atom is -0.412 e. The van der Waals surface area contributed by atoms with Crippen molar-refractivity contribution in [1.29, 1.82) is 0 Å². The maximum atomic E-state index is 10.0. The van der Waals surface area contributed by atoms with Crippen molar-refractivity contribution in [3.05, 3.63) is 0 Å². The Labute approximate surface area is 74.5 Å². The molecule has 0 rings (SSSR count). The van der Waals surface area contributed by atoms with Gasteiger partial charge in [0, 0.05) is 21.7 Å². The Hall–Kier alpha value is -0.0257. The van der Waals surface area contributed by atoms with Gasteiger partial charge in [-0.15, -0.1) is 0 Å². The van der Waals surface area contributed by atoms with Crippen molar-refractivity contribution in [2.45, 2.75) is 20.3 Å². The predicted octanol–water partition coefficient (Wildman–Crippen LogP) is -1.10. The Kier molecular flexibility index (Phi) is 26.4. The van der Waals surface area contributed by atoms with E-state index in [2.05, 4.69) is 0 Å². The summed E-state index contributed by atoms with van der Waals surface area (Å²) < 4.78 is 0. The zero-order chi connectivity index (χ0) is 5.86. The van der Waals surface area contributed by atoms with E-state index in [1.54, 1.807) is 0 Å². The van der Waals surface area contributed by atoms with Crippen LogP contribution >= 0.6 is 0 Å². The Balaban J connectivity index is -0.0000000600. The van der Waals surface area contributed by atoms with Gasteiger partial charge >= 0.3 is 0 Å². The average molecular weight is 184 g/mol. The summed E-state index contributed by atoms with van der Waals surface area (Å²) in [5.74, 6) is -0.125. The zero-order valence-electron chi connectivity index (χ0n) is 6.02. The third-order valence-corrected chi connectivity index (χ3v) is 0.498. The topological polar surface area (TPSA) is 97.1 Å². The normalized spacial score (nSPS) is 5.80. The Morgan fingerprint density at radius 3 is 1.20 bits per heavy atom. The van der Waals surface area contributed by atoms with Gasteiger partial charge in [-0.05, 0) is 13.8 Å². The van der Waals surface area contributed by atoms with Gasteiger partial charge in [0.15, 0.2) is 0 Å². The first-order valence-electron chi connectivity index (χ1n) is 2.12. The van der Waals surface area contributed by atoms with Crippen LogP contribution in [-0.2, 0) is 31.3 Å². The molecule has 0 unspecified atom stereocenters. The first-order valence-corrected chi connectivity index (χ1v) is 2.12. The molecule has 0 atom stereocenters. The predicted molar refractivity (Wildman–Crippen MR) is 33.2 cm³/mol. The van der Waals surface area contributed by atoms with E-state index in [4.69, 9.17) is 0 Å². The van der Waals surface area contributed by atoms with Gasteiger partial charge in [0.25, 0.3) is 0 Å². The molecule has 0 heterocycles. The number of carbonyl (C=O) groups is 2. The molecule has 60 valence electrons. The van der Waals surface area contributed by atoms with E-state index in [0.29, 0.717) is 0 Å². The summed E-state index contributed by atoms with van der Waals surface area (Å²) in [6.07, 6.45) is 0.0833. The fourth-order valence-corrected chi connectivity index (χ4v) is 0.351. The maximum absolute atomic E-state index is 10.0. The van der Waals surface area contributed by atoms with Crippen LogP contribution < -0.4 is 0 Å². The van der Waals surface area contributed by atoms with Gasteiger partial charge in [-0.1, -0.05) is 0 Å². The molecule has 10 heavy (non-hydrogen) atoms. The van der Waals surface area contributed by atoms with Crippen LogP contribution in [0.3, 0.4) is 0 Å². The summed E-state index contributed by atoms with van der Waals surface area (Å²) in [6.45, 7) is 2.81. The van der Waals surface area contributed by atoms with Crippen LogP contribution in [0.1, 0.15) is 20.3 Å². The second kappa shape index (κ2) is 11.7. The molecule has 5 heteroatoms. The third kappa shape index (κ3) is 24.6. The number of hydrogen-bond donors (Lipinski definition) is 0. The number of carbonyl (C=O) groups excluding carboxylic acids is 2. The SMILES string of the molecule is CC(=O)CC(C)=O.O.O.[Ti]. The van der Waals surface area contributed by atoms with Gasteiger partial charge in [0.1, 0.15) is 11.6 Å². The Bertz CT molecular complexity index is 89.8. The Morgan fingerprint density at radius 1 is 1.00 bits per heavy atom. The van der Waals surface area contributed by atoms with E-state index in [9.17, 15) is 9.59 Å². The summed E-state index contributed by atoms with van der Waals surface area (Å²) in [6, 6.07) is 0.